The summed E-state index contributed by atoms with van der Waals surface area (Å²) in [5.74, 6) is 2.40. The molecule has 9 heteroatoms. The highest BCUT2D eigenvalue weighted by Gasteiger charge is 2.36. The zero-order valence-corrected chi connectivity index (χ0v) is 14.9. The van der Waals surface area contributed by atoms with Crippen LogP contribution in [0.4, 0.5) is 10.6 Å². The number of morpholine rings is 1. The topological polar surface area (TPSA) is 79.1 Å². The number of carbonyl (C=O) groups excluding carboxylic acids is 1. The number of hydrogen-bond acceptors (Lipinski definition) is 6. The molecule has 26 heavy (non-hydrogen) atoms. The van der Waals surface area contributed by atoms with Crippen LogP contribution < -0.4 is 4.90 Å². The third-order valence-electron chi connectivity index (χ3n) is 5.53. The first-order valence-electron chi connectivity index (χ1n) is 9.27. The Labute approximate surface area is 151 Å². The first-order chi connectivity index (χ1) is 12.7. The number of fused-ring (bicyclic) bond motifs is 1. The molecule has 0 radical (unpaired) electrons. The second-order valence-electron chi connectivity index (χ2n) is 7.35. The van der Waals surface area contributed by atoms with Crippen molar-refractivity contribution < 1.29 is 9.53 Å². The number of carbonyl (C=O) groups is 1. The van der Waals surface area contributed by atoms with E-state index in [0.717, 1.165) is 30.4 Å². The van der Waals surface area contributed by atoms with Crippen molar-refractivity contribution in [2.75, 3.05) is 51.3 Å². The van der Waals surface area contributed by atoms with Crippen molar-refractivity contribution in [1.29, 1.82) is 0 Å². The van der Waals surface area contributed by atoms with Crippen molar-refractivity contribution in [2.45, 2.75) is 24.8 Å². The van der Waals surface area contributed by atoms with Crippen molar-refractivity contribution in [3.63, 3.8) is 0 Å². The third-order valence-corrected chi connectivity index (χ3v) is 5.53. The lowest BCUT2D eigenvalue weighted by molar-refractivity contribution is 0.0407. The lowest BCUT2D eigenvalue weighted by Gasteiger charge is -2.45. The Hall–Kier alpha value is -2.42. The Morgan fingerprint density at radius 3 is 2.69 bits per heavy atom. The largest absolute Gasteiger partial charge is 0.378 e. The highest BCUT2D eigenvalue weighted by molar-refractivity contribution is 5.75. The Bertz CT molecular complexity index is 822. The molecule has 2 aromatic rings. The number of likely N-dealkylation sites (N-methyl/N-ethyl adjacent to an activating group) is 1. The molecule has 138 valence electrons. The lowest BCUT2D eigenvalue weighted by Crippen LogP contribution is -2.62. The molecule has 5 rings (SSSR count). The van der Waals surface area contributed by atoms with E-state index in [1.165, 1.54) is 12.8 Å². The van der Waals surface area contributed by atoms with Crippen molar-refractivity contribution in [1.82, 2.24) is 29.6 Å². The molecule has 0 spiro atoms. The van der Waals surface area contributed by atoms with Crippen LogP contribution in [-0.2, 0) is 4.74 Å². The number of amides is 2. The Kier molecular flexibility index (Phi) is 3.70. The first-order valence-corrected chi connectivity index (χ1v) is 9.27. The number of aromatic nitrogens is 4. The second-order valence-corrected chi connectivity index (χ2v) is 7.35. The number of anilines is 1. The van der Waals surface area contributed by atoms with Crippen LogP contribution in [-0.4, -0.2) is 88.1 Å². The molecule has 4 heterocycles. The zero-order chi connectivity index (χ0) is 17.7. The van der Waals surface area contributed by atoms with Gasteiger partial charge in [-0.25, -0.2) is 4.79 Å². The highest BCUT2D eigenvalue weighted by atomic mass is 16.5. The van der Waals surface area contributed by atoms with E-state index in [4.69, 9.17) is 9.84 Å². The predicted octanol–water partition coefficient (Wildman–Crippen LogP) is 0.574. The molecule has 2 aliphatic heterocycles. The molecule has 3 aliphatic rings. The quantitative estimate of drug-likeness (QED) is 0.799. The number of ether oxygens (including phenoxy) is 1. The summed E-state index contributed by atoms with van der Waals surface area (Å²) in [4.78, 5) is 18.5. The average molecular weight is 357 g/mol. The van der Waals surface area contributed by atoms with Crippen molar-refractivity contribution in [3.05, 3.63) is 18.0 Å². The summed E-state index contributed by atoms with van der Waals surface area (Å²) in [5, 5.41) is 13.2. The van der Waals surface area contributed by atoms with E-state index in [1.807, 2.05) is 33.5 Å². The van der Waals surface area contributed by atoms with E-state index in [9.17, 15) is 4.79 Å². The summed E-state index contributed by atoms with van der Waals surface area (Å²) < 4.78 is 7.20. The molecule has 0 aromatic carbocycles. The van der Waals surface area contributed by atoms with Gasteiger partial charge in [-0.15, -0.1) is 15.3 Å². The molecule has 2 saturated heterocycles. The van der Waals surface area contributed by atoms with Gasteiger partial charge in [0.25, 0.3) is 0 Å². The normalized spacial score (nSPS) is 21.1. The molecule has 1 aliphatic carbocycles. The molecule has 3 fully saturated rings. The predicted molar refractivity (Wildman–Crippen MR) is 94.3 cm³/mol. The van der Waals surface area contributed by atoms with Crippen molar-refractivity contribution >= 4 is 17.5 Å². The van der Waals surface area contributed by atoms with Crippen LogP contribution in [0.15, 0.2) is 12.1 Å². The SMILES string of the molecule is CN(C(=O)N1CCOCC1)C1CN(c2ccc3nnc(C4CC4)n3n2)C1. The molecular weight excluding hydrogens is 334 g/mol. The Morgan fingerprint density at radius 1 is 1.19 bits per heavy atom. The number of rotatable bonds is 3. The second kappa shape index (κ2) is 6.08. The highest BCUT2D eigenvalue weighted by Crippen LogP contribution is 2.38. The van der Waals surface area contributed by atoms with E-state index in [1.54, 1.807) is 0 Å². The summed E-state index contributed by atoms with van der Waals surface area (Å²) >= 11 is 0. The third kappa shape index (κ3) is 2.66. The van der Waals surface area contributed by atoms with Crippen LogP contribution in [0.25, 0.3) is 5.65 Å². The number of hydrogen-bond donors (Lipinski definition) is 0. The van der Waals surface area contributed by atoms with Gasteiger partial charge in [-0.3, -0.25) is 0 Å². The van der Waals surface area contributed by atoms with E-state index in [2.05, 4.69) is 15.1 Å². The maximum absolute atomic E-state index is 12.6. The molecule has 0 atom stereocenters. The Morgan fingerprint density at radius 2 is 1.96 bits per heavy atom. The van der Waals surface area contributed by atoms with Gasteiger partial charge in [0.1, 0.15) is 5.82 Å². The smallest absolute Gasteiger partial charge is 0.320 e. The van der Waals surface area contributed by atoms with Crippen LogP contribution in [0.3, 0.4) is 0 Å². The standard InChI is InChI=1S/C17H23N7O2/c1-21(17(25)22-6-8-26-9-7-22)13-10-23(11-13)15-5-4-14-18-19-16(12-2-3-12)24(14)20-15/h4-5,12-13H,2-3,6-11H2,1H3. The van der Waals surface area contributed by atoms with Crippen LogP contribution in [0.5, 0.6) is 0 Å². The molecule has 1 saturated carbocycles. The number of urea groups is 1. The molecule has 2 aromatic heterocycles. The first kappa shape index (κ1) is 15.8. The monoisotopic (exact) mass is 357 g/mol. The fourth-order valence-electron chi connectivity index (χ4n) is 3.58. The molecule has 0 unspecified atom stereocenters. The molecule has 0 bridgehead atoms. The minimum absolute atomic E-state index is 0.0937. The minimum atomic E-state index is 0.0937. The van der Waals surface area contributed by atoms with Crippen LogP contribution in [0, 0.1) is 0 Å². The molecule has 0 N–H and O–H groups in total. The van der Waals surface area contributed by atoms with Gasteiger partial charge >= 0.3 is 6.03 Å². The summed E-state index contributed by atoms with van der Waals surface area (Å²) in [6.07, 6.45) is 2.35. The van der Waals surface area contributed by atoms with Crippen LogP contribution in [0.1, 0.15) is 24.6 Å². The molecule has 9 nitrogen and oxygen atoms in total. The summed E-state index contributed by atoms with van der Waals surface area (Å²) in [6, 6.07) is 4.26. The van der Waals surface area contributed by atoms with E-state index in [0.29, 0.717) is 32.2 Å². The molecular formula is C17H23N7O2. The maximum atomic E-state index is 12.6. The van der Waals surface area contributed by atoms with Crippen LogP contribution in [0.2, 0.25) is 0 Å². The number of nitrogens with zero attached hydrogens (tertiary/aromatic N) is 7. The fraction of sp³-hybridized carbons (Fsp3) is 0.647. The molecule has 2 amide bonds. The van der Waals surface area contributed by atoms with Crippen LogP contribution >= 0.6 is 0 Å². The van der Waals surface area contributed by atoms with Crippen molar-refractivity contribution in [3.8, 4) is 0 Å². The average Bonchev–Trinajstić information content (AvgIpc) is 3.40. The summed E-state index contributed by atoms with van der Waals surface area (Å²) in [7, 11) is 1.89. The van der Waals surface area contributed by atoms with Gasteiger partial charge in [0, 0.05) is 39.1 Å². The summed E-state index contributed by atoms with van der Waals surface area (Å²) in [6.45, 7) is 4.20. The van der Waals surface area contributed by atoms with Gasteiger partial charge < -0.3 is 19.4 Å². The van der Waals surface area contributed by atoms with Gasteiger partial charge in [-0.2, -0.15) is 4.52 Å². The fourth-order valence-corrected chi connectivity index (χ4v) is 3.58. The maximum Gasteiger partial charge on any atom is 0.320 e. The lowest BCUT2D eigenvalue weighted by atomic mass is 10.1. The van der Waals surface area contributed by atoms with Crippen molar-refractivity contribution in [2.24, 2.45) is 0 Å². The van der Waals surface area contributed by atoms with E-state index >= 15 is 0 Å². The minimum Gasteiger partial charge on any atom is -0.378 e. The van der Waals surface area contributed by atoms with Gasteiger partial charge in [-0.1, -0.05) is 0 Å². The van der Waals surface area contributed by atoms with E-state index in [-0.39, 0.29) is 12.1 Å². The van der Waals surface area contributed by atoms with Gasteiger partial charge in [-0.05, 0) is 25.0 Å². The zero-order valence-electron chi connectivity index (χ0n) is 14.9. The van der Waals surface area contributed by atoms with Gasteiger partial charge in [0.15, 0.2) is 11.5 Å². The summed E-state index contributed by atoms with van der Waals surface area (Å²) in [5.41, 5.74) is 0.798. The Balaban J connectivity index is 1.25. The van der Waals surface area contributed by atoms with Gasteiger partial charge in [0.2, 0.25) is 0 Å². The van der Waals surface area contributed by atoms with E-state index < -0.39 is 0 Å². The van der Waals surface area contributed by atoms with Gasteiger partial charge in [0.05, 0.1) is 19.3 Å².